The highest BCUT2D eigenvalue weighted by Gasteiger charge is 2.36. The molecular weight excluding hydrogens is 833 g/mol. The molecule has 4 aliphatic rings. The van der Waals surface area contributed by atoms with Crippen LogP contribution in [0, 0.1) is 0 Å². The monoisotopic (exact) mass is 888 g/mol. The van der Waals surface area contributed by atoms with Crippen LogP contribution in [0.25, 0.3) is 66.6 Å². The third-order valence-corrected chi connectivity index (χ3v) is 15.8. The maximum absolute atomic E-state index is 2.56. The lowest BCUT2D eigenvalue weighted by atomic mass is 9.80. The molecule has 0 amide bonds. The van der Waals surface area contributed by atoms with E-state index < -0.39 is 0 Å². The Balaban J connectivity index is 1.06. The highest BCUT2D eigenvalue weighted by atomic mass is 15.1. The Hall–Kier alpha value is -7.68. The van der Waals surface area contributed by atoms with Crippen molar-refractivity contribution < 1.29 is 0 Å². The molecule has 0 saturated carbocycles. The molecule has 2 nitrogen and oxygen atoms in total. The average Bonchev–Trinajstić information content (AvgIpc) is 3.64. The normalized spacial score (nSPS) is 16.0. The molecule has 0 unspecified atom stereocenters. The molecule has 2 aliphatic heterocycles. The van der Waals surface area contributed by atoms with Gasteiger partial charge in [0.1, 0.15) is 0 Å². The number of para-hydroxylation sites is 2. The van der Waals surface area contributed by atoms with Gasteiger partial charge in [-0.3, -0.25) is 0 Å². The Kier molecular flexibility index (Phi) is 10.1. The van der Waals surface area contributed by atoms with Crippen LogP contribution in [0.4, 0.5) is 22.7 Å². The number of anilines is 4. The van der Waals surface area contributed by atoms with Crippen LogP contribution in [0.1, 0.15) is 72.9 Å². The van der Waals surface area contributed by atoms with Crippen molar-refractivity contribution in [3.05, 3.63) is 239 Å². The summed E-state index contributed by atoms with van der Waals surface area (Å²) < 4.78 is 0. The van der Waals surface area contributed by atoms with E-state index in [1.807, 2.05) is 0 Å². The molecule has 0 bridgehead atoms. The molecule has 0 fully saturated rings. The van der Waals surface area contributed by atoms with E-state index in [9.17, 15) is 0 Å². The summed E-state index contributed by atoms with van der Waals surface area (Å²) in [6, 6.07) is 69.5. The van der Waals surface area contributed by atoms with Crippen LogP contribution < -0.4 is 9.80 Å². The van der Waals surface area contributed by atoms with Gasteiger partial charge in [-0.15, -0.1) is 0 Å². The van der Waals surface area contributed by atoms with E-state index in [-0.39, 0.29) is 5.41 Å². The lowest BCUT2D eigenvalue weighted by Crippen LogP contribution is -2.24. The Labute approximate surface area is 407 Å². The largest absolute Gasteiger partial charge is 0.341 e. The second-order valence-electron chi connectivity index (χ2n) is 20.1. The van der Waals surface area contributed by atoms with Crippen LogP contribution in [0.3, 0.4) is 0 Å². The van der Waals surface area contributed by atoms with Gasteiger partial charge in [0.25, 0.3) is 0 Å². The van der Waals surface area contributed by atoms with Crippen molar-refractivity contribution in [3.63, 3.8) is 0 Å². The first-order valence-electron chi connectivity index (χ1n) is 25.2. The number of nitrogens with zero attached hydrogens (tertiary/aromatic N) is 2. The molecule has 334 valence electrons. The van der Waals surface area contributed by atoms with Gasteiger partial charge in [0.2, 0.25) is 0 Å². The molecule has 0 radical (unpaired) electrons. The number of rotatable bonds is 7. The molecule has 69 heavy (non-hydrogen) atoms. The summed E-state index contributed by atoms with van der Waals surface area (Å²) in [7, 11) is 0. The third kappa shape index (κ3) is 7.07. The number of fused-ring (bicyclic) bond motifs is 7. The number of aryl methyl sites for hydroxylation is 2. The molecule has 9 aromatic carbocycles. The van der Waals surface area contributed by atoms with Gasteiger partial charge in [-0.1, -0.05) is 172 Å². The molecule has 13 rings (SSSR count). The Bertz CT molecular complexity index is 3590. The van der Waals surface area contributed by atoms with E-state index in [0.29, 0.717) is 0 Å². The number of hydrogen-bond acceptors (Lipinski definition) is 2. The van der Waals surface area contributed by atoms with Gasteiger partial charge in [-0.05, 0) is 187 Å². The Morgan fingerprint density at radius 3 is 1.72 bits per heavy atom. The van der Waals surface area contributed by atoms with E-state index in [1.165, 1.54) is 122 Å². The van der Waals surface area contributed by atoms with Crippen LogP contribution in [-0.4, -0.2) is 13.1 Å². The Morgan fingerprint density at radius 1 is 0.493 bits per heavy atom. The van der Waals surface area contributed by atoms with Gasteiger partial charge in [-0.2, -0.15) is 0 Å². The molecule has 0 atom stereocenters. The van der Waals surface area contributed by atoms with E-state index in [2.05, 4.69) is 230 Å². The summed E-state index contributed by atoms with van der Waals surface area (Å²) in [6.07, 6.45) is 15.8. The predicted molar refractivity (Wildman–Crippen MR) is 294 cm³/mol. The van der Waals surface area contributed by atoms with Crippen LogP contribution in [0.15, 0.2) is 206 Å². The fourth-order valence-corrected chi connectivity index (χ4v) is 12.3. The fraction of sp³-hybridized carbons (Fsp3) is 0.164. The minimum Gasteiger partial charge on any atom is -0.341 e. The topological polar surface area (TPSA) is 6.48 Å². The molecule has 0 aromatic heterocycles. The number of benzene rings is 9. The summed E-state index contributed by atoms with van der Waals surface area (Å²) >= 11 is 0. The quantitative estimate of drug-likeness (QED) is 0.116. The molecule has 0 spiro atoms. The smallest absolute Gasteiger partial charge is 0.0443 e. The molecule has 2 heterocycles. The molecular formula is C67H56N2. The van der Waals surface area contributed by atoms with E-state index in [1.54, 1.807) is 0 Å². The van der Waals surface area contributed by atoms with Crippen molar-refractivity contribution in [1.82, 2.24) is 0 Å². The summed E-state index contributed by atoms with van der Waals surface area (Å²) in [5.74, 6) is 0. The second-order valence-corrected chi connectivity index (χ2v) is 20.1. The minimum atomic E-state index is -0.119. The van der Waals surface area contributed by atoms with Crippen LogP contribution in [0.2, 0.25) is 0 Å². The standard InChI is InChI=1S/C67H56N2/c1-67(2)61-26-12-11-25-54(61)55-36-33-51(42-62(55)67)66-57-38-35-52(68-39-15-23-48-21-9-13-27-63(48)68)43-59(57)65(56-37-34-53(44-60(56)66)69-40-16-24-49-22-10-14-28-64(49)69)50-31-29-45(30-32-50)41-58(46-17-5-3-6-18-46)47-19-7-4-8-20-47/h3-7,9-14,17-19,21-22,25-38,41-44H,8,15-16,20,23-24,39-40H2,1-2H3/b58-41+. The van der Waals surface area contributed by atoms with Gasteiger partial charge >= 0.3 is 0 Å². The molecule has 9 aromatic rings. The van der Waals surface area contributed by atoms with Crippen molar-refractivity contribution in [1.29, 1.82) is 0 Å². The zero-order valence-corrected chi connectivity index (χ0v) is 39.7. The maximum Gasteiger partial charge on any atom is 0.0443 e. The predicted octanol–water partition coefficient (Wildman–Crippen LogP) is 17.6. The van der Waals surface area contributed by atoms with Gasteiger partial charge in [0.15, 0.2) is 0 Å². The maximum atomic E-state index is 2.56. The molecule has 2 aliphatic carbocycles. The lowest BCUT2D eigenvalue weighted by molar-refractivity contribution is 0.660. The first-order valence-corrected chi connectivity index (χ1v) is 25.2. The van der Waals surface area contributed by atoms with Gasteiger partial charge in [0.05, 0.1) is 0 Å². The fourth-order valence-electron chi connectivity index (χ4n) is 12.3. The van der Waals surface area contributed by atoms with Crippen molar-refractivity contribution in [2.24, 2.45) is 0 Å². The highest BCUT2D eigenvalue weighted by molar-refractivity contribution is 6.22. The summed E-state index contributed by atoms with van der Waals surface area (Å²) in [5, 5.41) is 5.13. The van der Waals surface area contributed by atoms with Gasteiger partial charge < -0.3 is 9.80 Å². The summed E-state index contributed by atoms with van der Waals surface area (Å²) in [5.41, 5.74) is 23.6. The van der Waals surface area contributed by atoms with Crippen LogP contribution >= 0.6 is 0 Å². The summed E-state index contributed by atoms with van der Waals surface area (Å²) in [6.45, 7) is 6.80. The summed E-state index contributed by atoms with van der Waals surface area (Å²) in [4.78, 5) is 5.13. The van der Waals surface area contributed by atoms with Crippen LogP contribution in [0.5, 0.6) is 0 Å². The zero-order valence-electron chi connectivity index (χ0n) is 39.7. The first-order chi connectivity index (χ1) is 34.0. The van der Waals surface area contributed by atoms with Crippen molar-refractivity contribution in [2.75, 3.05) is 22.9 Å². The molecule has 0 saturated heterocycles. The third-order valence-electron chi connectivity index (χ3n) is 15.8. The minimum absolute atomic E-state index is 0.119. The van der Waals surface area contributed by atoms with Crippen molar-refractivity contribution in [3.8, 4) is 33.4 Å². The first kappa shape index (κ1) is 41.5. The Morgan fingerprint density at radius 2 is 1.07 bits per heavy atom. The molecule has 0 N–H and O–H groups in total. The number of hydrogen-bond donors (Lipinski definition) is 0. The SMILES string of the molecule is CC1(C)c2ccccc2-c2ccc(-c3c4ccc(N5CCCc6ccccc65)cc4c(-c4ccc(/C=C(/C5=CC=CCC5)c5ccccc5)cc4)c4ccc(N5CCCc6ccccc65)cc34)cc21. The average molecular weight is 889 g/mol. The molecule has 2 heteroatoms. The zero-order chi connectivity index (χ0) is 46.1. The van der Waals surface area contributed by atoms with Gasteiger partial charge in [0, 0.05) is 41.3 Å². The highest BCUT2D eigenvalue weighted by Crippen LogP contribution is 2.52. The second kappa shape index (κ2) is 16.8. The van der Waals surface area contributed by atoms with E-state index in [4.69, 9.17) is 0 Å². The lowest BCUT2D eigenvalue weighted by Gasteiger charge is -2.32. The number of allylic oxidation sites excluding steroid dienone is 5. The van der Waals surface area contributed by atoms with Crippen molar-refractivity contribution in [2.45, 2.75) is 57.8 Å². The van der Waals surface area contributed by atoms with Crippen LogP contribution in [-0.2, 0) is 18.3 Å². The van der Waals surface area contributed by atoms with E-state index in [0.717, 1.165) is 51.6 Å². The van der Waals surface area contributed by atoms with E-state index >= 15 is 0 Å². The van der Waals surface area contributed by atoms with Crippen molar-refractivity contribution >= 4 is 55.9 Å². The van der Waals surface area contributed by atoms with Gasteiger partial charge in [-0.25, -0.2) is 0 Å².